The normalized spacial score (nSPS) is 14.2. The van der Waals surface area contributed by atoms with Crippen molar-refractivity contribution in [1.29, 1.82) is 0 Å². The Balaban J connectivity index is 4.07. The van der Waals surface area contributed by atoms with Crippen LogP contribution < -0.4 is 0 Å². The highest BCUT2D eigenvalue weighted by Gasteiger charge is 2.17. The van der Waals surface area contributed by atoms with E-state index in [0.717, 1.165) is 6.08 Å². The second-order valence-electron chi connectivity index (χ2n) is 5.45. The van der Waals surface area contributed by atoms with Gasteiger partial charge in [0.05, 0.1) is 38.1 Å². The van der Waals surface area contributed by atoms with Crippen molar-refractivity contribution in [2.75, 3.05) is 33.0 Å². The topological polar surface area (TPSA) is 112 Å². The zero-order valence-corrected chi connectivity index (χ0v) is 14.8. The molecule has 0 saturated carbocycles. The van der Waals surface area contributed by atoms with E-state index in [1.54, 1.807) is 13.8 Å². The van der Waals surface area contributed by atoms with Crippen molar-refractivity contribution in [3.8, 4) is 0 Å². The van der Waals surface area contributed by atoms with E-state index in [1.807, 2.05) is 0 Å². The highest BCUT2D eigenvalue weighted by molar-refractivity contribution is 5.87. The number of rotatable bonds is 14. The van der Waals surface area contributed by atoms with Crippen LogP contribution in [0.1, 0.15) is 20.3 Å². The summed E-state index contributed by atoms with van der Waals surface area (Å²) in [4.78, 5) is 22.6. The predicted molar refractivity (Wildman–Crippen MR) is 89.8 cm³/mol. The lowest BCUT2D eigenvalue weighted by Gasteiger charge is -2.20. The van der Waals surface area contributed by atoms with E-state index in [2.05, 4.69) is 17.9 Å². The highest BCUT2D eigenvalue weighted by atomic mass is 16.6. The van der Waals surface area contributed by atoms with Crippen LogP contribution >= 0.6 is 0 Å². The molecule has 0 spiro atoms. The minimum atomic E-state index is -0.657. The number of ether oxygens (including phenoxy) is 4. The van der Waals surface area contributed by atoms with Gasteiger partial charge in [-0.3, -0.25) is 0 Å². The van der Waals surface area contributed by atoms with Gasteiger partial charge in [-0.15, -0.1) is 0 Å². The Kier molecular flexibility index (Phi) is 12.6. The average molecular weight is 360 g/mol. The fraction of sp³-hybridized carbons (Fsp3) is 0.647. The zero-order chi connectivity index (χ0) is 19.2. The van der Waals surface area contributed by atoms with Gasteiger partial charge in [0.25, 0.3) is 0 Å². The molecule has 0 amide bonds. The van der Waals surface area contributed by atoms with E-state index in [-0.39, 0.29) is 51.1 Å². The summed E-state index contributed by atoms with van der Waals surface area (Å²) in [6.07, 6.45) is -0.378. The quantitative estimate of drug-likeness (QED) is 0.260. The molecule has 0 aliphatic rings. The molecule has 0 saturated heterocycles. The number of carbonyl (C=O) groups is 2. The summed E-state index contributed by atoms with van der Waals surface area (Å²) < 4.78 is 20.4. The lowest BCUT2D eigenvalue weighted by Crippen LogP contribution is -2.27. The van der Waals surface area contributed by atoms with Crippen LogP contribution in [0.4, 0.5) is 0 Å². The molecule has 0 aromatic carbocycles. The van der Waals surface area contributed by atoms with Gasteiger partial charge in [0.15, 0.2) is 0 Å². The maximum absolute atomic E-state index is 11.8. The van der Waals surface area contributed by atoms with Crippen LogP contribution in [0.25, 0.3) is 0 Å². The lowest BCUT2D eigenvalue weighted by molar-refractivity contribution is -0.147. The molecule has 0 fully saturated rings. The molecule has 25 heavy (non-hydrogen) atoms. The maximum Gasteiger partial charge on any atom is 0.333 e. The average Bonchev–Trinajstić information content (AvgIpc) is 2.59. The van der Waals surface area contributed by atoms with Gasteiger partial charge in [-0.2, -0.15) is 0 Å². The molecule has 2 N–H and O–H groups in total. The van der Waals surface area contributed by atoms with Crippen LogP contribution in [0.2, 0.25) is 0 Å². The van der Waals surface area contributed by atoms with Gasteiger partial charge in [0, 0.05) is 18.1 Å². The number of hydrogen-bond donors (Lipinski definition) is 2. The number of esters is 2. The first-order chi connectivity index (χ1) is 11.8. The molecule has 0 rings (SSSR count). The number of carbonyl (C=O) groups excluding carboxylic acids is 2. The van der Waals surface area contributed by atoms with Crippen LogP contribution in [0.3, 0.4) is 0 Å². The van der Waals surface area contributed by atoms with E-state index in [9.17, 15) is 14.7 Å². The Morgan fingerprint density at radius 1 is 1.12 bits per heavy atom. The Morgan fingerprint density at radius 2 is 1.76 bits per heavy atom. The summed E-state index contributed by atoms with van der Waals surface area (Å²) in [7, 11) is 0. The first kappa shape index (κ1) is 23.3. The first-order valence-corrected chi connectivity index (χ1v) is 7.96. The highest BCUT2D eigenvalue weighted by Crippen LogP contribution is 2.10. The Hall–Kier alpha value is -1.74. The van der Waals surface area contributed by atoms with Crippen LogP contribution in [-0.2, 0) is 28.5 Å². The minimum Gasteiger partial charge on any atom is -0.459 e. The van der Waals surface area contributed by atoms with Crippen molar-refractivity contribution in [1.82, 2.24) is 0 Å². The van der Waals surface area contributed by atoms with Gasteiger partial charge in [0.1, 0.15) is 13.2 Å². The largest absolute Gasteiger partial charge is 0.459 e. The monoisotopic (exact) mass is 360 g/mol. The second kappa shape index (κ2) is 13.5. The molecule has 3 unspecified atom stereocenters. The predicted octanol–water partition coefficient (Wildman–Crippen LogP) is 0.369. The molecule has 0 aromatic rings. The standard InChI is InChI=1S/C17H28O8/c1-5-16(20)22-6-7-23-17(21)12(2)8-15(9-18)25-11-14(4)24-10-13(3)19/h5,13-15,18-19H,1-2,6-11H2,3-4H3. The van der Waals surface area contributed by atoms with E-state index in [4.69, 9.17) is 19.3 Å². The summed E-state index contributed by atoms with van der Waals surface area (Å²) in [6, 6.07) is 0. The zero-order valence-electron chi connectivity index (χ0n) is 14.8. The molecular formula is C17H28O8. The number of aliphatic hydroxyl groups is 2. The third-order valence-electron chi connectivity index (χ3n) is 2.88. The first-order valence-electron chi connectivity index (χ1n) is 7.96. The van der Waals surface area contributed by atoms with Gasteiger partial charge < -0.3 is 29.2 Å². The number of aliphatic hydroxyl groups excluding tert-OH is 2. The van der Waals surface area contributed by atoms with Crippen LogP contribution in [0.15, 0.2) is 24.8 Å². The van der Waals surface area contributed by atoms with Gasteiger partial charge in [-0.1, -0.05) is 13.2 Å². The van der Waals surface area contributed by atoms with Crippen LogP contribution in [0.5, 0.6) is 0 Å². The molecule has 8 heteroatoms. The molecule has 0 heterocycles. The lowest BCUT2D eigenvalue weighted by atomic mass is 10.1. The summed E-state index contributed by atoms with van der Waals surface area (Å²) in [5.41, 5.74) is 0.131. The summed E-state index contributed by atoms with van der Waals surface area (Å²) >= 11 is 0. The summed E-state index contributed by atoms with van der Waals surface area (Å²) in [5, 5.41) is 18.5. The van der Waals surface area contributed by atoms with E-state index >= 15 is 0 Å². The molecule has 3 atom stereocenters. The molecule has 0 aliphatic carbocycles. The second-order valence-corrected chi connectivity index (χ2v) is 5.45. The molecule has 0 bridgehead atoms. The fourth-order valence-corrected chi connectivity index (χ4v) is 1.60. The summed E-state index contributed by atoms with van der Waals surface area (Å²) in [5.74, 6) is -1.26. The molecule has 8 nitrogen and oxygen atoms in total. The van der Waals surface area contributed by atoms with E-state index in [1.165, 1.54) is 0 Å². The smallest absolute Gasteiger partial charge is 0.333 e. The van der Waals surface area contributed by atoms with E-state index in [0.29, 0.717) is 0 Å². The van der Waals surface area contributed by atoms with E-state index < -0.39 is 24.1 Å². The van der Waals surface area contributed by atoms with Crippen molar-refractivity contribution >= 4 is 11.9 Å². The minimum absolute atomic E-state index is 0.0814. The SMILES string of the molecule is C=CC(=O)OCCOC(=O)C(=C)CC(CO)OCC(C)OCC(C)O. The third-order valence-corrected chi connectivity index (χ3v) is 2.88. The van der Waals surface area contributed by atoms with Crippen LogP contribution in [0, 0.1) is 0 Å². The number of hydrogen-bond acceptors (Lipinski definition) is 8. The van der Waals surface area contributed by atoms with Crippen molar-refractivity contribution in [3.05, 3.63) is 24.8 Å². The molecule has 0 radical (unpaired) electrons. The van der Waals surface area contributed by atoms with Crippen molar-refractivity contribution < 1.29 is 38.7 Å². The van der Waals surface area contributed by atoms with Crippen molar-refractivity contribution in [2.24, 2.45) is 0 Å². The summed E-state index contributed by atoms with van der Waals surface area (Å²) in [6.45, 7) is 10.1. The maximum atomic E-state index is 11.8. The molecule has 0 aromatic heterocycles. The van der Waals surface area contributed by atoms with Gasteiger partial charge in [-0.05, 0) is 13.8 Å². The fourth-order valence-electron chi connectivity index (χ4n) is 1.60. The van der Waals surface area contributed by atoms with Crippen LogP contribution in [-0.4, -0.2) is 73.5 Å². The van der Waals surface area contributed by atoms with Gasteiger partial charge >= 0.3 is 11.9 Å². The third kappa shape index (κ3) is 12.3. The molecule has 144 valence electrons. The molecular weight excluding hydrogens is 332 g/mol. The van der Waals surface area contributed by atoms with Crippen molar-refractivity contribution in [2.45, 2.75) is 38.6 Å². The Bertz CT molecular complexity index is 432. The van der Waals surface area contributed by atoms with Gasteiger partial charge in [0.2, 0.25) is 0 Å². The van der Waals surface area contributed by atoms with Gasteiger partial charge in [-0.25, -0.2) is 9.59 Å². The Labute approximate surface area is 148 Å². The Morgan fingerprint density at radius 3 is 2.32 bits per heavy atom. The van der Waals surface area contributed by atoms with Crippen molar-refractivity contribution in [3.63, 3.8) is 0 Å². The molecule has 0 aliphatic heterocycles.